The topological polar surface area (TPSA) is 82.2 Å². The fourth-order valence-corrected chi connectivity index (χ4v) is 2.66. The van der Waals surface area contributed by atoms with E-state index in [9.17, 15) is 9.90 Å². The molecule has 7 nitrogen and oxygen atoms in total. The predicted molar refractivity (Wildman–Crippen MR) is 92.8 cm³/mol. The minimum Gasteiger partial charge on any atom is -0.489 e. The van der Waals surface area contributed by atoms with Crippen molar-refractivity contribution < 1.29 is 9.84 Å². The molecular formula is C18H20N4O3. The number of rotatable bonds is 5. The van der Waals surface area contributed by atoms with Gasteiger partial charge < -0.3 is 9.84 Å². The molecule has 2 aromatic carbocycles. The van der Waals surface area contributed by atoms with E-state index in [4.69, 9.17) is 4.74 Å². The van der Waals surface area contributed by atoms with Crippen LogP contribution in [0.25, 0.3) is 5.69 Å². The Morgan fingerprint density at radius 2 is 1.92 bits per heavy atom. The Labute approximate surface area is 145 Å². The highest BCUT2D eigenvalue weighted by Crippen LogP contribution is 2.23. The van der Waals surface area contributed by atoms with Crippen molar-refractivity contribution in [2.45, 2.75) is 27.1 Å². The molecule has 0 atom stereocenters. The molecular weight excluding hydrogens is 320 g/mol. The van der Waals surface area contributed by atoms with Gasteiger partial charge in [0, 0.05) is 12.6 Å². The van der Waals surface area contributed by atoms with Gasteiger partial charge in [0.05, 0.1) is 12.3 Å². The van der Waals surface area contributed by atoms with Crippen LogP contribution in [0.1, 0.15) is 22.3 Å². The zero-order valence-corrected chi connectivity index (χ0v) is 14.4. The van der Waals surface area contributed by atoms with Crippen LogP contribution in [-0.4, -0.2) is 24.9 Å². The van der Waals surface area contributed by atoms with Crippen LogP contribution in [0, 0.1) is 13.8 Å². The normalized spacial score (nSPS) is 10.9. The minimum atomic E-state index is -0.310. The predicted octanol–water partition coefficient (Wildman–Crippen LogP) is 1.65. The van der Waals surface area contributed by atoms with Gasteiger partial charge in [0.15, 0.2) is 0 Å². The Bertz CT molecular complexity index is 959. The molecule has 1 N–H and O–H groups in total. The van der Waals surface area contributed by atoms with Crippen molar-refractivity contribution >= 4 is 0 Å². The van der Waals surface area contributed by atoms with E-state index in [0.29, 0.717) is 12.3 Å². The van der Waals surface area contributed by atoms with Crippen LogP contribution >= 0.6 is 0 Å². The van der Waals surface area contributed by atoms with Gasteiger partial charge in [-0.05, 0) is 53.1 Å². The van der Waals surface area contributed by atoms with E-state index in [1.807, 2.05) is 50.2 Å². The summed E-state index contributed by atoms with van der Waals surface area (Å²) in [4.78, 5) is 12.2. The lowest BCUT2D eigenvalue weighted by molar-refractivity contribution is 0.280. The Kier molecular flexibility index (Phi) is 4.67. The van der Waals surface area contributed by atoms with E-state index in [2.05, 4.69) is 10.4 Å². The number of hydrogen-bond acceptors (Lipinski definition) is 5. The third-order valence-electron chi connectivity index (χ3n) is 4.13. The summed E-state index contributed by atoms with van der Waals surface area (Å²) >= 11 is 0. The smallest absolute Gasteiger partial charge is 0.368 e. The lowest BCUT2D eigenvalue weighted by atomic mass is 10.1. The number of nitrogens with zero attached hydrogens (tertiary/aromatic N) is 4. The molecule has 7 heteroatoms. The Morgan fingerprint density at radius 3 is 2.56 bits per heavy atom. The summed E-state index contributed by atoms with van der Waals surface area (Å²) in [5, 5.41) is 16.9. The maximum Gasteiger partial charge on any atom is 0.368 e. The average Bonchev–Trinajstić information content (AvgIpc) is 2.93. The molecule has 0 saturated heterocycles. The molecule has 130 valence electrons. The van der Waals surface area contributed by atoms with E-state index >= 15 is 0 Å². The minimum absolute atomic E-state index is 0.00133. The summed E-state index contributed by atoms with van der Waals surface area (Å²) in [6.45, 7) is 4.19. The molecule has 0 fully saturated rings. The standard InChI is InChI=1S/C18H20N4O3/c1-12-5-4-6-16(22-18(24)21(3)19-20-22)15(12)11-25-17-8-7-14(10-23)9-13(17)2/h4-9,23H,10-11H2,1-3H3. The molecule has 0 bridgehead atoms. The van der Waals surface area contributed by atoms with Crippen molar-refractivity contribution in [2.75, 3.05) is 0 Å². The van der Waals surface area contributed by atoms with E-state index in [1.165, 1.54) is 9.36 Å². The van der Waals surface area contributed by atoms with Gasteiger partial charge in [0.25, 0.3) is 0 Å². The summed E-state index contributed by atoms with van der Waals surface area (Å²) in [5.74, 6) is 0.734. The number of hydrogen-bond donors (Lipinski definition) is 1. The first kappa shape index (κ1) is 16.9. The zero-order chi connectivity index (χ0) is 18.0. The van der Waals surface area contributed by atoms with Crippen LogP contribution in [0.2, 0.25) is 0 Å². The van der Waals surface area contributed by atoms with Gasteiger partial charge in [0.2, 0.25) is 0 Å². The number of tetrazole rings is 1. The second-order valence-electron chi connectivity index (χ2n) is 5.92. The molecule has 3 aromatic rings. The van der Waals surface area contributed by atoms with Crippen molar-refractivity contribution in [1.82, 2.24) is 19.8 Å². The van der Waals surface area contributed by atoms with E-state index in [1.54, 1.807) is 7.05 Å². The fraction of sp³-hybridized carbons (Fsp3) is 0.278. The fourth-order valence-electron chi connectivity index (χ4n) is 2.66. The summed E-state index contributed by atoms with van der Waals surface area (Å²) < 4.78 is 8.42. The van der Waals surface area contributed by atoms with Gasteiger partial charge >= 0.3 is 5.69 Å². The molecule has 0 aliphatic rings. The molecule has 0 aliphatic heterocycles. The summed E-state index contributed by atoms with van der Waals surface area (Å²) in [6.07, 6.45) is 0. The first-order chi connectivity index (χ1) is 12.0. The number of aliphatic hydroxyl groups is 1. The third kappa shape index (κ3) is 3.32. The van der Waals surface area contributed by atoms with Crippen LogP contribution in [-0.2, 0) is 20.3 Å². The maximum atomic E-state index is 12.2. The van der Waals surface area contributed by atoms with Gasteiger partial charge in [-0.2, -0.15) is 9.36 Å². The maximum absolute atomic E-state index is 12.2. The summed E-state index contributed by atoms with van der Waals surface area (Å²) in [7, 11) is 1.56. The molecule has 1 heterocycles. The van der Waals surface area contributed by atoms with Crippen LogP contribution in [0.5, 0.6) is 5.75 Å². The highest BCUT2D eigenvalue weighted by atomic mass is 16.5. The lowest BCUT2D eigenvalue weighted by Gasteiger charge is -2.14. The molecule has 1 aromatic heterocycles. The Morgan fingerprint density at radius 1 is 1.12 bits per heavy atom. The van der Waals surface area contributed by atoms with Crippen LogP contribution < -0.4 is 10.4 Å². The first-order valence-corrected chi connectivity index (χ1v) is 7.92. The SMILES string of the molecule is Cc1cc(CO)ccc1OCc1c(C)cccc1-n1nnn(C)c1=O. The van der Waals surface area contributed by atoms with Crippen molar-refractivity contribution in [3.63, 3.8) is 0 Å². The third-order valence-corrected chi connectivity index (χ3v) is 4.13. The lowest BCUT2D eigenvalue weighted by Crippen LogP contribution is -2.23. The number of aliphatic hydroxyl groups excluding tert-OH is 1. The van der Waals surface area contributed by atoms with Crippen molar-refractivity contribution in [1.29, 1.82) is 0 Å². The average molecular weight is 340 g/mol. The quantitative estimate of drug-likeness (QED) is 0.764. The molecule has 3 rings (SSSR count). The van der Waals surface area contributed by atoms with Gasteiger partial charge in [-0.3, -0.25) is 0 Å². The van der Waals surface area contributed by atoms with Crippen LogP contribution in [0.4, 0.5) is 0 Å². The molecule has 0 saturated carbocycles. The van der Waals surface area contributed by atoms with Gasteiger partial charge in [0.1, 0.15) is 12.4 Å². The number of ether oxygens (including phenoxy) is 1. The number of aryl methyl sites for hydroxylation is 3. The second-order valence-corrected chi connectivity index (χ2v) is 5.92. The second kappa shape index (κ2) is 6.90. The van der Waals surface area contributed by atoms with E-state index < -0.39 is 0 Å². The van der Waals surface area contributed by atoms with Crippen molar-refractivity contribution in [3.8, 4) is 11.4 Å². The zero-order valence-electron chi connectivity index (χ0n) is 14.4. The summed E-state index contributed by atoms with van der Waals surface area (Å²) in [5.41, 5.74) is 4.00. The van der Waals surface area contributed by atoms with E-state index in [-0.39, 0.29) is 12.3 Å². The monoisotopic (exact) mass is 340 g/mol. The Balaban J connectivity index is 1.93. The summed E-state index contributed by atoms with van der Waals surface area (Å²) in [6, 6.07) is 11.2. The molecule has 0 amide bonds. The van der Waals surface area contributed by atoms with Gasteiger partial charge in [-0.25, -0.2) is 4.79 Å². The molecule has 0 spiro atoms. The highest BCUT2D eigenvalue weighted by molar-refractivity contribution is 5.45. The van der Waals surface area contributed by atoms with Gasteiger partial charge in [-0.1, -0.05) is 24.3 Å². The molecule has 0 aliphatic carbocycles. The van der Waals surface area contributed by atoms with E-state index in [0.717, 1.165) is 28.0 Å². The first-order valence-electron chi connectivity index (χ1n) is 7.92. The number of benzene rings is 2. The molecule has 0 unspecified atom stereocenters. The van der Waals surface area contributed by atoms with Gasteiger partial charge in [-0.15, -0.1) is 0 Å². The van der Waals surface area contributed by atoms with Crippen LogP contribution in [0.15, 0.2) is 41.2 Å². The van der Waals surface area contributed by atoms with Crippen LogP contribution in [0.3, 0.4) is 0 Å². The van der Waals surface area contributed by atoms with Crippen molar-refractivity contribution in [3.05, 3.63) is 69.1 Å². The Hall–Kier alpha value is -2.93. The molecule has 25 heavy (non-hydrogen) atoms. The number of aromatic nitrogens is 4. The van der Waals surface area contributed by atoms with Crippen molar-refractivity contribution in [2.24, 2.45) is 7.05 Å². The largest absolute Gasteiger partial charge is 0.489 e. The highest BCUT2D eigenvalue weighted by Gasteiger charge is 2.14. The molecule has 0 radical (unpaired) electrons.